The van der Waals surface area contributed by atoms with Crippen LogP contribution in [0.5, 0.6) is 17.2 Å². The van der Waals surface area contributed by atoms with Crippen LogP contribution in [0.1, 0.15) is 11.4 Å². The van der Waals surface area contributed by atoms with Gasteiger partial charge < -0.3 is 14.2 Å². The van der Waals surface area contributed by atoms with Gasteiger partial charge in [-0.2, -0.15) is 0 Å². The smallest absolute Gasteiger partial charge is 0.185 e. The van der Waals surface area contributed by atoms with Crippen molar-refractivity contribution in [3.8, 4) is 17.2 Å². The summed E-state index contributed by atoms with van der Waals surface area (Å²) in [7, 11) is 3.17. The summed E-state index contributed by atoms with van der Waals surface area (Å²) in [4.78, 5) is 8.49. The highest BCUT2D eigenvalue weighted by Crippen LogP contribution is 2.29. The minimum Gasteiger partial charge on any atom is -0.493 e. The second-order valence-electron chi connectivity index (χ2n) is 3.90. The molecule has 0 aliphatic carbocycles. The molecule has 2 aromatic rings. The minimum atomic E-state index is 0.287. The van der Waals surface area contributed by atoms with E-state index in [1.54, 1.807) is 32.7 Å². The number of alkyl halides is 1. The molecule has 0 aromatic carbocycles. The lowest BCUT2D eigenvalue weighted by atomic mass is 10.3. The summed E-state index contributed by atoms with van der Waals surface area (Å²) in [5, 5.41) is 0.721. The van der Waals surface area contributed by atoms with Crippen molar-refractivity contribution in [1.82, 2.24) is 9.97 Å². The third-order valence-electron chi connectivity index (χ3n) is 2.68. The highest BCUT2D eigenvalue weighted by atomic mass is 79.9. The van der Waals surface area contributed by atoms with E-state index in [1.165, 1.54) is 0 Å². The fourth-order valence-electron chi connectivity index (χ4n) is 1.68. The van der Waals surface area contributed by atoms with Gasteiger partial charge in [0.05, 0.1) is 26.1 Å². The Hall–Kier alpha value is -1.82. The number of aromatic nitrogens is 2. The predicted molar refractivity (Wildman–Crippen MR) is 78.5 cm³/mol. The van der Waals surface area contributed by atoms with Gasteiger partial charge in [-0.3, -0.25) is 9.97 Å². The van der Waals surface area contributed by atoms with E-state index in [0.29, 0.717) is 22.9 Å². The number of nitrogens with zero attached hydrogens (tertiary/aromatic N) is 2. The molecule has 0 aliphatic rings. The molecular weight excluding hydrogens is 324 g/mol. The van der Waals surface area contributed by atoms with Crippen LogP contribution in [-0.2, 0) is 11.9 Å². The normalized spacial score (nSPS) is 10.2. The Labute approximate surface area is 126 Å². The molecule has 20 heavy (non-hydrogen) atoms. The zero-order chi connectivity index (χ0) is 14.4. The average molecular weight is 339 g/mol. The monoisotopic (exact) mass is 338 g/mol. The van der Waals surface area contributed by atoms with Crippen LogP contribution in [0.15, 0.2) is 30.6 Å². The summed E-state index contributed by atoms with van der Waals surface area (Å²) in [6.07, 6.45) is 3.34. The molecule has 2 rings (SSSR count). The summed E-state index contributed by atoms with van der Waals surface area (Å²) >= 11 is 3.35. The van der Waals surface area contributed by atoms with E-state index in [2.05, 4.69) is 25.9 Å². The number of pyridine rings is 2. The molecule has 2 heterocycles. The largest absolute Gasteiger partial charge is 0.493 e. The number of halogens is 1. The number of rotatable bonds is 6. The maximum atomic E-state index is 5.66. The summed E-state index contributed by atoms with van der Waals surface area (Å²) in [5.41, 5.74) is 1.63. The zero-order valence-corrected chi connectivity index (χ0v) is 12.9. The predicted octanol–water partition coefficient (Wildman–Crippen LogP) is 2.97. The van der Waals surface area contributed by atoms with Crippen molar-refractivity contribution < 1.29 is 14.2 Å². The topological polar surface area (TPSA) is 53.5 Å². The first-order chi connectivity index (χ1) is 9.78. The molecule has 0 bridgehead atoms. The van der Waals surface area contributed by atoms with Gasteiger partial charge in [0, 0.05) is 17.6 Å². The molecule has 0 fully saturated rings. The molecule has 106 valence electrons. The standard InChI is InChI=1S/C14H15BrN2O3/c1-18-13-5-6-16-12(14(13)19-2)9-20-11-4-3-10(7-15)17-8-11/h3-6,8H,7,9H2,1-2H3. The summed E-state index contributed by atoms with van der Waals surface area (Å²) in [6.45, 7) is 0.287. The maximum absolute atomic E-state index is 5.66. The maximum Gasteiger partial charge on any atom is 0.185 e. The van der Waals surface area contributed by atoms with Crippen molar-refractivity contribution in [2.75, 3.05) is 14.2 Å². The zero-order valence-electron chi connectivity index (χ0n) is 11.3. The SMILES string of the molecule is COc1ccnc(COc2ccc(CBr)nc2)c1OC. The molecule has 5 nitrogen and oxygen atoms in total. The van der Waals surface area contributed by atoms with Crippen molar-refractivity contribution >= 4 is 15.9 Å². The van der Waals surface area contributed by atoms with Crippen molar-refractivity contribution in [2.45, 2.75) is 11.9 Å². The molecule has 0 saturated carbocycles. The number of hydrogen-bond acceptors (Lipinski definition) is 5. The number of ether oxygens (including phenoxy) is 3. The van der Waals surface area contributed by atoms with Gasteiger partial charge in [-0.1, -0.05) is 15.9 Å². The van der Waals surface area contributed by atoms with Gasteiger partial charge in [0.15, 0.2) is 11.5 Å². The van der Waals surface area contributed by atoms with Gasteiger partial charge in [0.2, 0.25) is 0 Å². The van der Waals surface area contributed by atoms with Gasteiger partial charge in [0.1, 0.15) is 18.1 Å². The van der Waals surface area contributed by atoms with E-state index in [-0.39, 0.29) is 6.61 Å². The van der Waals surface area contributed by atoms with Crippen LogP contribution >= 0.6 is 15.9 Å². The number of methoxy groups -OCH3 is 2. The molecule has 0 atom stereocenters. The third-order valence-corrected chi connectivity index (χ3v) is 3.25. The molecule has 0 radical (unpaired) electrons. The Kier molecular flexibility index (Phi) is 5.17. The Balaban J connectivity index is 2.10. The van der Waals surface area contributed by atoms with Gasteiger partial charge in [-0.25, -0.2) is 0 Å². The Morgan fingerprint density at radius 1 is 1.10 bits per heavy atom. The summed E-state index contributed by atoms with van der Waals surface area (Å²) in [5.74, 6) is 1.90. The van der Waals surface area contributed by atoms with Crippen LogP contribution in [0.2, 0.25) is 0 Å². The average Bonchev–Trinajstić information content (AvgIpc) is 2.52. The molecule has 0 saturated heterocycles. The Morgan fingerprint density at radius 3 is 2.55 bits per heavy atom. The van der Waals surface area contributed by atoms with Gasteiger partial charge in [-0.15, -0.1) is 0 Å². The van der Waals surface area contributed by atoms with Gasteiger partial charge in [-0.05, 0) is 12.1 Å². The fourth-order valence-corrected chi connectivity index (χ4v) is 2.01. The summed E-state index contributed by atoms with van der Waals surface area (Å²) < 4.78 is 16.2. The first-order valence-electron chi connectivity index (χ1n) is 5.98. The molecule has 0 unspecified atom stereocenters. The van der Waals surface area contributed by atoms with E-state index in [0.717, 1.165) is 11.0 Å². The molecular formula is C14H15BrN2O3. The molecule has 0 spiro atoms. The lowest BCUT2D eigenvalue weighted by Crippen LogP contribution is -2.03. The van der Waals surface area contributed by atoms with Crippen molar-refractivity contribution in [1.29, 1.82) is 0 Å². The quantitative estimate of drug-likeness (QED) is 0.758. The molecule has 6 heteroatoms. The van der Waals surface area contributed by atoms with Crippen molar-refractivity contribution in [3.05, 3.63) is 42.0 Å². The highest BCUT2D eigenvalue weighted by Gasteiger charge is 2.11. The van der Waals surface area contributed by atoms with Crippen LogP contribution in [0.3, 0.4) is 0 Å². The molecule has 2 aromatic heterocycles. The van der Waals surface area contributed by atoms with Gasteiger partial charge >= 0.3 is 0 Å². The van der Waals surface area contributed by atoms with Crippen LogP contribution < -0.4 is 14.2 Å². The Bertz CT molecular complexity index is 561. The third kappa shape index (κ3) is 3.39. The van der Waals surface area contributed by atoms with Crippen LogP contribution in [0, 0.1) is 0 Å². The fraction of sp³-hybridized carbons (Fsp3) is 0.286. The first-order valence-corrected chi connectivity index (χ1v) is 7.10. The van der Waals surface area contributed by atoms with E-state index < -0.39 is 0 Å². The van der Waals surface area contributed by atoms with Crippen LogP contribution in [-0.4, -0.2) is 24.2 Å². The minimum absolute atomic E-state index is 0.287. The first kappa shape index (κ1) is 14.6. The van der Waals surface area contributed by atoms with Crippen LogP contribution in [0.25, 0.3) is 0 Å². The molecule has 0 aliphatic heterocycles. The summed E-state index contributed by atoms with van der Waals surface area (Å²) in [6, 6.07) is 5.52. The highest BCUT2D eigenvalue weighted by molar-refractivity contribution is 9.08. The molecule has 0 N–H and O–H groups in total. The molecule has 0 amide bonds. The van der Waals surface area contributed by atoms with E-state index in [4.69, 9.17) is 14.2 Å². The van der Waals surface area contributed by atoms with E-state index in [1.807, 2.05) is 12.1 Å². The Morgan fingerprint density at radius 2 is 1.95 bits per heavy atom. The lowest BCUT2D eigenvalue weighted by Gasteiger charge is -2.12. The van der Waals surface area contributed by atoms with Crippen LogP contribution in [0.4, 0.5) is 0 Å². The van der Waals surface area contributed by atoms with E-state index in [9.17, 15) is 0 Å². The van der Waals surface area contributed by atoms with Crippen molar-refractivity contribution in [2.24, 2.45) is 0 Å². The second kappa shape index (κ2) is 7.09. The second-order valence-corrected chi connectivity index (χ2v) is 4.46. The van der Waals surface area contributed by atoms with E-state index >= 15 is 0 Å². The van der Waals surface area contributed by atoms with Gasteiger partial charge in [0.25, 0.3) is 0 Å². The lowest BCUT2D eigenvalue weighted by molar-refractivity contribution is 0.284. The van der Waals surface area contributed by atoms with Crippen molar-refractivity contribution in [3.63, 3.8) is 0 Å². The number of hydrogen-bond donors (Lipinski definition) is 0.